The Morgan fingerprint density at radius 2 is 1.91 bits per heavy atom. The average molecular weight is 424 g/mol. The molecule has 8 heteroatoms. The number of halogens is 4. The van der Waals surface area contributed by atoms with Crippen molar-refractivity contribution in [2.45, 2.75) is 9.96 Å². The number of alkyl halides is 3. The Hall–Kier alpha value is -1.01. The molecule has 2 rings (SSSR count). The molecule has 0 saturated carbocycles. The molecule has 2 N–H and O–H groups in total. The van der Waals surface area contributed by atoms with Gasteiger partial charge in [-0.3, -0.25) is 9.78 Å². The molecule has 1 atom stereocenters. The van der Waals surface area contributed by atoms with Crippen LogP contribution in [-0.2, 0) is 0 Å². The lowest BCUT2D eigenvalue weighted by molar-refractivity contribution is 0.0941. The number of anilines is 1. The van der Waals surface area contributed by atoms with Crippen molar-refractivity contribution in [2.24, 2.45) is 0 Å². The number of nitrogens with zero attached hydrogens (tertiary/aromatic N) is 1. The predicted molar refractivity (Wildman–Crippen MR) is 93.5 cm³/mol. The Labute approximate surface area is 151 Å². The zero-order valence-corrected chi connectivity index (χ0v) is 14.9. The molecule has 0 aliphatic rings. The number of benzene rings is 1. The highest BCUT2D eigenvalue weighted by molar-refractivity contribution is 9.10. The summed E-state index contributed by atoms with van der Waals surface area (Å²) in [4.78, 5) is 16.3. The summed E-state index contributed by atoms with van der Waals surface area (Å²) in [6.45, 7) is 0. The maximum absolute atomic E-state index is 12.3. The minimum Gasteiger partial charge on any atom is -0.361 e. The molecule has 0 spiro atoms. The molecule has 0 fully saturated rings. The summed E-state index contributed by atoms with van der Waals surface area (Å²) in [5.74, 6) is -0.375. The molecule has 0 aliphatic carbocycles. The number of amides is 1. The molecular formula is C14H11BrCl3N3O. The first kappa shape index (κ1) is 17.3. The van der Waals surface area contributed by atoms with Crippen molar-refractivity contribution in [3.8, 4) is 0 Å². The third-order valence-corrected chi connectivity index (χ3v) is 4.04. The van der Waals surface area contributed by atoms with Crippen molar-refractivity contribution >= 4 is 62.3 Å². The molecule has 0 unspecified atom stereocenters. The normalized spacial score (nSPS) is 12.5. The topological polar surface area (TPSA) is 54.0 Å². The van der Waals surface area contributed by atoms with Crippen LogP contribution in [0.25, 0.3) is 0 Å². The van der Waals surface area contributed by atoms with E-state index in [0.29, 0.717) is 15.7 Å². The molecule has 0 aliphatic heterocycles. The number of carbonyl (C=O) groups excluding carboxylic acids is 1. The maximum atomic E-state index is 12.3. The van der Waals surface area contributed by atoms with Crippen LogP contribution >= 0.6 is 50.7 Å². The van der Waals surface area contributed by atoms with Crippen molar-refractivity contribution in [1.29, 1.82) is 0 Å². The number of hydrogen-bond acceptors (Lipinski definition) is 3. The summed E-state index contributed by atoms with van der Waals surface area (Å²) >= 11 is 21.1. The molecule has 1 aromatic carbocycles. The van der Waals surface area contributed by atoms with E-state index in [2.05, 4.69) is 31.5 Å². The van der Waals surface area contributed by atoms with Gasteiger partial charge in [0.05, 0.1) is 11.3 Å². The van der Waals surface area contributed by atoms with Crippen LogP contribution in [0.1, 0.15) is 10.4 Å². The highest BCUT2D eigenvalue weighted by Crippen LogP contribution is 2.31. The summed E-state index contributed by atoms with van der Waals surface area (Å²) in [6.07, 6.45) is 2.25. The van der Waals surface area contributed by atoms with Gasteiger partial charge in [-0.2, -0.15) is 0 Å². The van der Waals surface area contributed by atoms with Gasteiger partial charge < -0.3 is 10.6 Å². The van der Waals surface area contributed by atoms with Gasteiger partial charge in [-0.05, 0) is 40.2 Å². The second-order valence-electron chi connectivity index (χ2n) is 4.31. The van der Waals surface area contributed by atoms with Gasteiger partial charge in [-0.15, -0.1) is 0 Å². The first-order valence-electron chi connectivity index (χ1n) is 6.16. The third kappa shape index (κ3) is 4.74. The molecule has 1 aromatic heterocycles. The zero-order valence-electron chi connectivity index (χ0n) is 11.1. The molecule has 4 nitrogen and oxygen atoms in total. The lowest BCUT2D eigenvalue weighted by Gasteiger charge is -2.27. The number of hydrogen-bond donors (Lipinski definition) is 2. The third-order valence-electron chi connectivity index (χ3n) is 2.69. The van der Waals surface area contributed by atoms with Crippen molar-refractivity contribution < 1.29 is 4.79 Å². The predicted octanol–water partition coefficient (Wildman–Crippen LogP) is 4.38. The fraction of sp³-hybridized carbons (Fsp3) is 0.143. The van der Waals surface area contributed by atoms with E-state index in [-0.39, 0.29) is 5.91 Å². The van der Waals surface area contributed by atoms with E-state index < -0.39 is 9.96 Å². The lowest BCUT2D eigenvalue weighted by Crippen LogP contribution is -2.49. The molecule has 0 radical (unpaired) electrons. The molecule has 2 aromatic rings. The molecule has 0 saturated heterocycles. The molecule has 1 amide bonds. The van der Waals surface area contributed by atoms with E-state index in [1.165, 1.54) is 0 Å². The van der Waals surface area contributed by atoms with Gasteiger partial charge in [0.15, 0.2) is 0 Å². The van der Waals surface area contributed by atoms with Gasteiger partial charge in [-0.25, -0.2) is 0 Å². The average Bonchev–Trinajstić information content (AvgIpc) is 2.47. The van der Waals surface area contributed by atoms with Gasteiger partial charge in [0.25, 0.3) is 5.91 Å². The Morgan fingerprint density at radius 3 is 2.50 bits per heavy atom. The van der Waals surface area contributed by atoms with Gasteiger partial charge in [0, 0.05) is 16.9 Å². The van der Waals surface area contributed by atoms with Crippen molar-refractivity contribution in [2.75, 3.05) is 5.32 Å². The molecule has 116 valence electrons. The quantitative estimate of drug-likeness (QED) is 0.567. The Kier molecular flexibility index (Phi) is 5.92. The lowest BCUT2D eigenvalue weighted by atomic mass is 10.2. The standard InChI is InChI=1S/C14H11BrCl3N3O/c15-11-6-2-1-5-10(11)12(22)21-13(14(16,17)18)20-9-4-3-7-19-8-9/h1-8,13,20H,(H,21,22)/t13-/m1/s1. The first-order valence-corrected chi connectivity index (χ1v) is 8.09. The minimum absolute atomic E-state index is 0.375. The van der Waals surface area contributed by atoms with Gasteiger partial charge in [0.1, 0.15) is 6.17 Å². The highest BCUT2D eigenvalue weighted by Gasteiger charge is 2.34. The Morgan fingerprint density at radius 1 is 1.18 bits per heavy atom. The largest absolute Gasteiger partial charge is 0.361 e. The number of nitrogens with one attached hydrogen (secondary N) is 2. The van der Waals surface area contributed by atoms with Gasteiger partial charge in [0.2, 0.25) is 3.79 Å². The maximum Gasteiger partial charge on any atom is 0.254 e. The first-order chi connectivity index (χ1) is 10.4. The van der Waals surface area contributed by atoms with E-state index in [9.17, 15) is 4.79 Å². The summed E-state index contributed by atoms with van der Waals surface area (Å²) in [5.41, 5.74) is 1.06. The van der Waals surface area contributed by atoms with Crippen LogP contribution in [0.4, 0.5) is 5.69 Å². The number of rotatable bonds is 4. The van der Waals surface area contributed by atoms with E-state index >= 15 is 0 Å². The summed E-state index contributed by atoms with van der Waals surface area (Å²) < 4.78 is -1.09. The van der Waals surface area contributed by atoms with E-state index in [4.69, 9.17) is 34.8 Å². The monoisotopic (exact) mass is 421 g/mol. The smallest absolute Gasteiger partial charge is 0.254 e. The summed E-state index contributed by atoms with van der Waals surface area (Å²) in [5, 5.41) is 5.59. The Balaban J connectivity index is 2.17. The second-order valence-corrected chi connectivity index (χ2v) is 7.54. The van der Waals surface area contributed by atoms with Crippen LogP contribution in [0.15, 0.2) is 53.3 Å². The van der Waals surface area contributed by atoms with Crippen LogP contribution in [0.2, 0.25) is 0 Å². The highest BCUT2D eigenvalue weighted by atomic mass is 79.9. The fourth-order valence-electron chi connectivity index (χ4n) is 1.67. The fourth-order valence-corrected chi connectivity index (χ4v) is 2.46. The van der Waals surface area contributed by atoms with Crippen LogP contribution in [-0.4, -0.2) is 20.8 Å². The second kappa shape index (κ2) is 7.51. The van der Waals surface area contributed by atoms with Gasteiger partial charge >= 0.3 is 0 Å². The van der Waals surface area contributed by atoms with E-state index in [0.717, 1.165) is 0 Å². The van der Waals surface area contributed by atoms with Crippen LogP contribution in [0.5, 0.6) is 0 Å². The van der Waals surface area contributed by atoms with Crippen molar-refractivity contribution in [3.63, 3.8) is 0 Å². The van der Waals surface area contributed by atoms with Crippen LogP contribution in [0, 0.1) is 0 Å². The molecule has 1 heterocycles. The van der Waals surface area contributed by atoms with Crippen molar-refractivity contribution in [1.82, 2.24) is 10.3 Å². The number of aromatic nitrogens is 1. The number of pyridine rings is 1. The molecular weight excluding hydrogens is 412 g/mol. The SMILES string of the molecule is O=C(N[C@@H](Nc1cccnc1)C(Cl)(Cl)Cl)c1ccccc1Br. The molecule has 0 bridgehead atoms. The van der Waals surface area contributed by atoms with E-state index in [1.54, 1.807) is 48.8 Å². The van der Waals surface area contributed by atoms with E-state index in [1.807, 2.05) is 0 Å². The zero-order chi connectivity index (χ0) is 16.2. The number of carbonyl (C=O) groups is 1. The Bertz CT molecular complexity index is 649. The van der Waals surface area contributed by atoms with Crippen molar-refractivity contribution in [3.05, 3.63) is 58.8 Å². The summed E-state index contributed by atoms with van der Waals surface area (Å²) in [7, 11) is 0. The van der Waals surface area contributed by atoms with Gasteiger partial charge in [-0.1, -0.05) is 46.9 Å². The molecule has 22 heavy (non-hydrogen) atoms. The minimum atomic E-state index is -1.74. The van der Waals surface area contributed by atoms with Crippen LogP contribution < -0.4 is 10.6 Å². The summed E-state index contributed by atoms with van der Waals surface area (Å²) in [6, 6.07) is 10.5. The van der Waals surface area contributed by atoms with Crippen LogP contribution in [0.3, 0.4) is 0 Å².